The van der Waals surface area contributed by atoms with Gasteiger partial charge in [0, 0.05) is 18.7 Å². The highest BCUT2D eigenvalue weighted by atomic mass is 35.5. The van der Waals surface area contributed by atoms with Gasteiger partial charge in [0.05, 0.1) is 4.92 Å². The molecule has 1 N–H and O–H groups in total. The normalized spacial score (nSPS) is 18.9. The smallest absolute Gasteiger partial charge is 0.269 e. The number of ether oxygens (including phenoxy) is 1. The number of nitro groups is 1. The van der Waals surface area contributed by atoms with E-state index in [4.69, 9.17) is 4.74 Å². The Balaban J connectivity index is 0.00000128. The Morgan fingerprint density at radius 1 is 1.38 bits per heavy atom. The van der Waals surface area contributed by atoms with Gasteiger partial charge >= 0.3 is 0 Å². The standard InChI is InChI=1S/C10H12N2O3.ClH/c13-12(14)8-1-3-9(4-2-8)15-10-5-6-11-7-10;/h1-4,10-11H,5-7H2;1H/t10-;/m0./s1. The van der Waals surface area contributed by atoms with Gasteiger partial charge in [0.15, 0.2) is 0 Å². The van der Waals surface area contributed by atoms with Gasteiger partial charge in [-0.1, -0.05) is 0 Å². The molecule has 16 heavy (non-hydrogen) atoms. The first-order valence-corrected chi connectivity index (χ1v) is 4.87. The van der Waals surface area contributed by atoms with E-state index in [1.165, 1.54) is 12.1 Å². The molecule has 0 bridgehead atoms. The van der Waals surface area contributed by atoms with Crippen LogP contribution in [0.4, 0.5) is 5.69 Å². The van der Waals surface area contributed by atoms with Crippen molar-refractivity contribution in [2.75, 3.05) is 13.1 Å². The van der Waals surface area contributed by atoms with Crippen LogP contribution in [0.3, 0.4) is 0 Å². The van der Waals surface area contributed by atoms with E-state index >= 15 is 0 Å². The molecule has 0 saturated carbocycles. The fourth-order valence-corrected chi connectivity index (χ4v) is 1.57. The Labute approximate surface area is 99.4 Å². The number of hydrogen-bond donors (Lipinski definition) is 1. The van der Waals surface area contributed by atoms with Gasteiger partial charge in [-0.2, -0.15) is 0 Å². The molecule has 0 aromatic heterocycles. The van der Waals surface area contributed by atoms with Crippen LogP contribution in [0, 0.1) is 10.1 Å². The Morgan fingerprint density at radius 3 is 2.56 bits per heavy atom. The third kappa shape index (κ3) is 3.08. The van der Waals surface area contributed by atoms with Crippen molar-refractivity contribution in [3.05, 3.63) is 34.4 Å². The molecule has 0 aliphatic carbocycles. The summed E-state index contributed by atoms with van der Waals surface area (Å²) in [6, 6.07) is 6.18. The lowest BCUT2D eigenvalue weighted by molar-refractivity contribution is -0.384. The molecular weight excluding hydrogens is 232 g/mol. The van der Waals surface area contributed by atoms with Crippen molar-refractivity contribution < 1.29 is 9.66 Å². The van der Waals surface area contributed by atoms with Crippen molar-refractivity contribution >= 4 is 18.1 Å². The van der Waals surface area contributed by atoms with Gasteiger partial charge in [-0.05, 0) is 25.1 Å². The zero-order valence-electron chi connectivity index (χ0n) is 8.59. The van der Waals surface area contributed by atoms with E-state index in [-0.39, 0.29) is 24.2 Å². The topological polar surface area (TPSA) is 64.4 Å². The predicted molar refractivity (Wildman–Crippen MR) is 62.2 cm³/mol. The van der Waals surface area contributed by atoms with E-state index < -0.39 is 4.92 Å². The minimum atomic E-state index is -0.416. The maximum absolute atomic E-state index is 10.4. The molecule has 6 heteroatoms. The van der Waals surface area contributed by atoms with Crippen molar-refractivity contribution in [1.29, 1.82) is 0 Å². The number of hydrogen-bond acceptors (Lipinski definition) is 4. The number of benzene rings is 1. The summed E-state index contributed by atoms with van der Waals surface area (Å²) in [6.07, 6.45) is 1.17. The van der Waals surface area contributed by atoms with Crippen LogP contribution in [-0.2, 0) is 0 Å². The Kier molecular flexibility index (Phi) is 4.52. The molecule has 1 heterocycles. The van der Waals surface area contributed by atoms with Crippen LogP contribution in [0.25, 0.3) is 0 Å². The first-order chi connectivity index (χ1) is 7.25. The fourth-order valence-electron chi connectivity index (χ4n) is 1.57. The van der Waals surface area contributed by atoms with Crippen molar-refractivity contribution in [3.63, 3.8) is 0 Å². The Morgan fingerprint density at radius 2 is 2.06 bits per heavy atom. The van der Waals surface area contributed by atoms with E-state index in [2.05, 4.69) is 5.32 Å². The maximum atomic E-state index is 10.4. The van der Waals surface area contributed by atoms with Crippen LogP contribution < -0.4 is 10.1 Å². The third-order valence-electron chi connectivity index (χ3n) is 2.37. The molecule has 0 amide bonds. The molecule has 88 valence electrons. The zero-order chi connectivity index (χ0) is 10.7. The molecule has 1 aromatic rings. The lowest BCUT2D eigenvalue weighted by Crippen LogP contribution is -2.19. The van der Waals surface area contributed by atoms with Gasteiger partial charge < -0.3 is 10.1 Å². The second-order valence-electron chi connectivity index (χ2n) is 3.48. The van der Waals surface area contributed by atoms with Crippen molar-refractivity contribution in [3.8, 4) is 5.75 Å². The molecule has 0 unspecified atom stereocenters. The molecule has 1 aliphatic heterocycles. The van der Waals surface area contributed by atoms with Gasteiger partial charge in [0.25, 0.3) is 5.69 Å². The second-order valence-corrected chi connectivity index (χ2v) is 3.48. The fraction of sp³-hybridized carbons (Fsp3) is 0.400. The van der Waals surface area contributed by atoms with Crippen LogP contribution in [0.1, 0.15) is 6.42 Å². The van der Waals surface area contributed by atoms with E-state index in [0.717, 1.165) is 19.5 Å². The predicted octanol–water partition coefficient (Wildman–Crippen LogP) is 1.76. The quantitative estimate of drug-likeness (QED) is 0.650. The van der Waals surface area contributed by atoms with Crippen LogP contribution in [0.2, 0.25) is 0 Å². The first kappa shape index (κ1) is 12.7. The van der Waals surface area contributed by atoms with E-state index in [0.29, 0.717) is 5.75 Å². The zero-order valence-corrected chi connectivity index (χ0v) is 9.40. The first-order valence-electron chi connectivity index (χ1n) is 4.87. The molecule has 0 spiro atoms. The number of nitro benzene ring substituents is 1. The summed E-state index contributed by atoms with van der Waals surface area (Å²) in [5.74, 6) is 0.689. The summed E-state index contributed by atoms with van der Waals surface area (Å²) in [7, 11) is 0. The molecule has 2 rings (SSSR count). The van der Waals surface area contributed by atoms with Crippen LogP contribution in [-0.4, -0.2) is 24.1 Å². The number of nitrogens with one attached hydrogen (secondary N) is 1. The molecular formula is C10H13ClN2O3. The average Bonchev–Trinajstić information content (AvgIpc) is 2.71. The highest BCUT2D eigenvalue weighted by molar-refractivity contribution is 5.85. The molecule has 5 nitrogen and oxygen atoms in total. The molecule has 0 radical (unpaired) electrons. The van der Waals surface area contributed by atoms with Crippen molar-refractivity contribution in [2.24, 2.45) is 0 Å². The van der Waals surface area contributed by atoms with Crippen LogP contribution >= 0.6 is 12.4 Å². The van der Waals surface area contributed by atoms with Gasteiger partial charge in [-0.25, -0.2) is 0 Å². The van der Waals surface area contributed by atoms with E-state index in [1.54, 1.807) is 12.1 Å². The highest BCUT2D eigenvalue weighted by Crippen LogP contribution is 2.19. The summed E-state index contributed by atoms with van der Waals surface area (Å²) in [5, 5.41) is 13.6. The van der Waals surface area contributed by atoms with Gasteiger partial charge in [-0.3, -0.25) is 10.1 Å². The molecule has 1 fully saturated rings. The number of nitrogens with zero attached hydrogens (tertiary/aromatic N) is 1. The second kappa shape index (κ2) is 5.67. The third-order valence-corrected chi connectivity index (χ3v) is 2.37. The van der Waals surface area contributed by atoms with Crippen molar-refractivity contribution in [1.82, 2.24) is 5.32 Å². The summed E-state index contributed by atoms with van der Waals surface area (Å²) in [6.45, 7) is 1.81. The van der Waals surface area contributed by atoms with Gasteiger partial charge in [0.2, 0.25) is 0 Å². The summed E-state index contributed by atoms with van der Waals surface area (Å²) in [4.78, 5) is 10.00. The Bertz CT molecular complexity index is 350. The minimum absolute atomic E-state index is 0. The Hall–Kier alpha value is -1.33. The minimum Gasteiger partial charge on any atom is -0.489 e. The largest absolute Gasteiger partial charge is 0.489 e. The SMILES string of the molecule is Cl.O=[N+]([O-])c1ccc(O[C@H]2CCNC2)cc1. The number of halogens is 1. The molecule has 1 atom stereocenters. The summed E-state index contributed by atoms with van der Waals surface area (Å²) in [5.41, 5.74) is 0.0897. The van der Waals surface area contributed by atoms with E-state index in [1.807, 2.05) is 0 Å². The van der Waals surface area contributed by atoms with Crippen molar-refractivity contribution in [2.45, 2.75) is 12.5 Å². The number of non-ortho nitro benzene ring substituents is 1. The highest BCUT2D eigenvalue weighted by Gasteiger charge is 2.16. The molecule has 1 aromatic carbocycles. The van der Waals surface area contributed by atoms with Gasteiger partial charge in [-0.15, -0.1) is 12.4 Å². The number of rotatable bonds is 3. The van der Waals surface area contributed by atoms with Crippen LogP contribution in [0.5, 0.6) is 5.75 Å². The molecule has 1 aliphatic rings. The summed E-state index contributed by atoms with van der Waals surface area (Å²) >= 11 is 0. The maximum Gasteiger partial charge on any atom is 0.269 e. The summed E-state index contributed by atoms with van der Waals surface area (Å²) < 4.78 is 5.62. The van der Waals surface area contributed by atoms with Crippen LogP contribution in [0.15, 0.2) is 24.3 Å². The monoisotopic (exact) mass is 244 g/mol. The average molecular weight is 245 g/mol. The van der Waals surface area contributed by atoms with E-state index in [9.17, 15) is 10.1 Å². The molecule has 1 saturated heterocycles. The lowest BCUT2D eigenvalue weighted by atomic mass is 10.3. The lowest BCUT2D eigenvalue weighted by Gasteiger charge is -2.11. The van der Waals surface area contributed by atoms with Gasteiger partial charge in [0.1, 0.15) is 11.9 Å².